The van der Waals surface area contributed by atoms with Crippen molar-refractivity contribution in [3.63, 3.8) is 0 Å². The van der Waals surface area contributed by atoms with Crippen LogP contribution >= 0.6 is 0 Å². The first-order chi connectivity index (χ1) is 29.7. The van der Waals surface area contributed by atoms with Gasteiger partial charge in [0.2, 0.25) is 0 Å². The van der Waals surface area contributed by atoms with Crippen molar-refractivity contribution in [2.24, 2.45) is 5.92 Å². The Bertz CT molecular complexity index is 3270. The predicted molar refractivity (Wildman–Crippen MR) is 250 cm³/mol. The molecule has 0 N–H and O–H groups in total. The van der Waals surface area contributed by atoms with E-state index in [4.69, 9.17) is 4.42 Å². The minimum Gasteiger partial charge on any atom is -0.454 e. The average molecular weight is 772 g/mol. The van der Waals surface area contributed by atoms with Crippen molar-refractivity contribution in [2.45, 2.75) is 19.8 Å². The summed E-state index contributed by atoms with van der Waals surface area (Å²) in [5, 5.41) is 3.64. The first kappa shape index (κ1) is 34.5. The molecule has 1 unspecified atom stereocenters. The Morgan fingerprint density at radius 3 is 1.92 bits per heavy atom. The lowest BCUT2D eigenvalue weighted by Gasteiger charge is -2.26. The maximum atomic E-state index is 7.00. The third-order valence-corrected chi connectivity index (χ3v) is 12.5. The Hall–Kier alpha value is -7.56. The maximum Gasteiger partial charge on any atom is 0.159 e. The lowest BCUT2D eigenvalue weighted by atomic mass is 9.90. The minimum atomic E-state index is 0.412. The topological polar surface area (TPSA) is 26.2 Å². The lowest BCUT2D eigenvalue weighted by molar-refractivity contribution is 0.622. The van der Waals surface area contributed by atoms with Gasteiger partial charge in [0, 0.05) is 62.3 Å². The molecular weight excluding hydrogens is 731 g/mol. The summed E-state index contributed by atoms with van der Waals surface area (Å²) in [6.07, 6.45) is 8.89. The lowest BCUT2D eigenvalue weighted by Crippen LogP contribution is -2.11. The fraction of sp³-hybridized carbons (Fsp3) is 0.0714. The molecule has 12 rings (SSSR count). The van der Waals surface area contributed by atoms with Gasteiger partial charge in [-0.3, -0.25) is 0 Å². The van der Waals surface area contributed by atoms with E-state index >= 15 is 0 Å². The Kier molecular flexibility index (Phi) is 7.92. The number of anilines is 3. The van der Waals surface area contributed by atoms with Crippen molar-refractivity contribution < 1.29 is 4.42 Å². The summed E-state index contributed by atoms with van der Waals surface area (Å²) in [6, 6.07) is 65.4. The van der Waals surface area contributed by atoms with Crippen molar-refractivity contribution in [3.8, 4) is 22.8 Å². The van der Waals surface area contributed by atoms with E-state index in [-0.39, 0.29) is 0 Å². The van der Waals surface area contributed by atoms with Gasteiger partial charge in [-0.2, -0.15) is 0 Å². The van der Waals surface area contributed by atoms with Crippen LogP contribution < -0.4 is 4.90 Å². The van der Waals surface area contributed by atoms with Gasteiger partial charge in [-0.25, -0.2) is 0 Å². The van der Waals surface area contributed by atoms with Gasteiger partial charge in [-0.05, 0) is 126 Å². The molecule has 4 nitrogen and oxygen atoms in total. The van der Waals surface area contributed by atoms with E-state index in [2.05, 4.69) is 221 Å². The van der Waals surface area contributed by atoms with Crippen molar-refractivity contribution in [2.75, 3.05) is 4.90 Å². The first-order valence-electron chi connectivity index (χ1n) is 20.9. The van der Waals surface area contributed by atoms with Gasteiger partial charge in [0.15, 0.2) is 5.76 Å². The molecule has 3 aromatic heterocycles. The number of hydrogen-bond donors (Lipinski definition) is 0. The van der Waals surface area contributed by atoms with Crippen molar-refractivity contribution in [1.82, 2.24) is 9.13 Å². The smallest absolute Gasteiger partial charge is 0.159 e. The number of fused-ring (bicyclic) bond motifs is 10. The Morgan fingerprint density at radius 1 is 0.550 bits per heavy atom. The van der Waals surface area contributed by atoms with Crippen LogP contribution in [0, 0.1) is 5.92 Å². The highest BCUT2D eigenvalue weighted by Gasteiger charge is 2.33. The molecule has 2 aliphatic carbocycles. The van der Waals surface area contributed by atoms with E-state index in [0.29, 0.717) is 5.92 Å². The van der Waals surface area contributed by atoms with Gasteiger partial charge >= 0.3 is 0 Å². The van der Waals surface area contributed by atoms with E-state index in [1.807, 2.05) is 0 Å². The second-order valence-electron chi connectivity index (χ2n) is 16.2. The molecule has 0 saturated carbocycles. The molecule has 0 amide bonds. The largest absolute Gasteiger partial charge is 0.454 e. The number of rotatable bonds is 6. The summed E-state index contributed by atoms with van der Waals surface area (Å²) in [4.78, 5) is 2.32. The van der Waals surface area contributed by atoms with Crippen LogP contribution in [-0.4, -0.2) is 9.13 Å². The molecule has 286 valence electrons. The van der Waals surface area contributed by atoms with Gasteiger partial charge in [0.1, 0.15) is 5.58 Å². The van der Waals surface area contributed by atoms with E-state index < -0.39 is 0 Å². The van der Waals surface area contributed by atoms with Crippen LogP contribution in [0.25, 0.3) is 73.3 Å². The van der Waals surface area contributed by atoms with Crippen LogP contribution in [0.2, 0.25) is 0 Å². The van der Waals surface area contributed by atoms with E-state index in [1.54, 1.807) is 0 Å². The summed E-state index contributed by atoms with van der Waals surface area (Å²) in [5.41, 5.74) is 17.7. The molecule has 60 heavy (non-hydrogen) atoms. The summed E-state index contributed by atoms with van der Waals surface area (Å²) < 4.78 is 11.9. The summed E-state index contributed by atoms with van der Waals surface area (Å²) in [7, 11) is 0. The number of allylic oxidation sites excluding steroid dienone is 2. The fourth-order valence-electron chi connectivity index (χ4n) is 9.79. The second-order valence-corrected chi connectivity index (χ2v) is 16.2. The van der Waals surface area contributed by atoms with Crippen LogP contribution in [0.1, 0.15) is 34.9 Å². The highest BCUT2D eigenvalue weighted by Crippen LogP contribution is 2.48. The Labute approximate surface area is 349 Å². The van der Waals surface area contributed by atoms with E-state index in [0.717, 1.165) is 63.6 Å². The van der Waals surface area contributed by atoms with Gasteiger partial charge in [0.25, 0.3) is 0 Å². The predicted octanol–water partition coefficient (Wildman–Crippen LogP) is 14.8. The molecule has 0 bridgehead atoms. The summed E-state index contributed by atoms with van der Waals surface area (Å²) in [6.45, 7) is 2.32. The van der Waals surface area contributed by atoms with E-state index in [1.165, 1.54) is 55.5 Å². The fourth-order valence-corrected chi connectivity index (χ4v) is 9.79. The normalized spacial score (nSPS) is 14.5. The zero-order chi connectivity index (χ0) is 39.7. The number of para-hydroxylation sites is 5. The molecule has 3 heterocycles. The van der Waals surface area contributed by atoms with Crippen molar-refractivity contribution in [3.05, 3.63) is 216 Å². The van der Waals surface area contributed by atoms with Gasteiger partial charge in [-0.1, -0.05) is 116 Å². The molecule has 0 radical (unpaired) electrons. The molecule has 4 heteroatoms. The molecule has 10 aromatic rings. The standard InChI is InChI=1S/C56H41N3O/c1-37-25-31-46-49-35-39(38-26-32-52-48(34-38)45-21-11-13-23-51(45)58(52)42-19-9-4-10-20-42)36-50-47-22-12-14-24-54(47)60-56(50)55(49)59(53(46)33-37)44-29-27-43(28-30-44)57(40-15-5-2-6-16-40)41-17-7-3-8-18-41/h2-32,34,36-37H,33,35H2,1H3. The molecule has 0 fully saturated rings. The number of hydrogen-bond acceptors (Lipinski definition) is 2. The summed E-state index contributed by atoms with van der Waals surface area (Å²) >= 11 is 0. The molecule has 1 atom stereocenters. The Morgan fingerprint density at radius 2 is 1.17 bits per heavy atom. The van der Waals surface area contributed by atoms with Crippen LogP contribution in [0.3, 0.4) is 0 Å². The maximum absolute atomic E-state index is 7.00. The Balaban J connectivity index is 1.05. The van der Waals surface area contributed by atoms with Gasteiger partial charge < -0.3 is 18.5 Å². The van der Waals surface area contributed by atoms with Crippen molar-refractivity contribution in [1.29, 1.82) is 0 Å². The van der Waals surface area contributed by atoms with Crippen LogP contribution in [0.15, 0.2) is 192 Å². The van der Waals surface area contributed by atoms with Crippen molar-refractivity contribution >= 4 is 67.6 Å². The van der Waals surface area contributed by atoms with Crippen LogP contribution in [0.5, 0.6) is 0 Å². The first-order valence-corrected chi connectivity index (χ1v) is 20.9. The zero-order valence-corrected chi connectivity index (χ0v) is 33.3. The third kappa shape index (κ3) is 5.45. The SMILES string of the molecule is CC1C=Cc2c3c(n(-c4ccc(N(c5ccccc5)c5ccccc5)cc4)c2C1)-c1oc2ccccc2c1C=C(c1ccc2c(c1)c1ccccc1n2-c1ccccc1)C3. The van der Waals surface area contributed by atoms with Crippen LogP contribution in [0.4, 0.5) is 17.1 Å². The molecule has 0 aliphatic heterocycles. The number of benzene rings is 7. The highest BCUT2D eigenvalue weighted by atomic mass is 16.3. The number of aromatic nitrogens is 2. The molecular formula is C56H41N3O. The molecule has 7 aromatic carbocycles. The minimum absolute atomic E-state index is 0.412. The quantitative estimate of drug-likeness (QED) is 0.168. The average Bonchev–Trinajstić information content (AvgIpc) is 3.90. The molecule has 2 aliphatic rings. The summed E-state index contributed by atoms with van der Waals surface area (Å²) in [5.74, 6) is 1.34. The van der Waals surface area contributed by atoms with Gasteiger partial charge in [0.05, 0.1) is 16.7 Å². The molecule has 0 saturated heterocycles. The third-order valence-electron chi connectivity index (χ3n) is 12.5. The van der Waals surface area contributed by atoms with E-state index in [9.17, 15) is 0 Å². The number of nitrogens with zero attached hydrogens (tertiary/aromatic N) is 3. The highest BCUT2D eigenvalue weighted by molar-refractivity contribution is 6.11. The van der Waals surface area contributed by atoms with Crippen LogP contribution in [-0.2, 0) is 12.8 Å². The molecule has 0 spiro atoms. The second kappa shape index (κ2) is 13.8. The number of furan rings is 1. The van der Waals surface area contributed by atoms with Gasteiger partial charge in [-0.15, -0.1) is 0 Å². The monoisotopic (exact) mass is 771 g/mol. The zero-order valence-electron chi connectivity index (χ0n) is 33.3.